The van der Waals surface area contributed by atoms with Crippen LogP contribution in [0.25, 0.3) is 10.9 Å². The van der Waals surface area contributed by atoms with Crippen molar-refractivity contribution < 1.29 is 71.9 Å². The number of fused-ring (bicyclic) bond motifs is 1. The molecule has 0 fully saturated rings. The first-order chi connectivity index (χ1) is 59.4. The van der Waals surface area contributed by atoms with Crippen LogP contribution >= 0.6 is 0 Å². The highest BCUT2D eigenvalue weighted by atomic mass is 16.2. The number of aromatic nitrogens is 1. The van der Waals surface area contributed by atoms with Crippen molar-refractivity contribution in [1.29, 1.82) is 0 Å². The number of allylic oxidation sites excluding steroid dienone is 4. The van der Waals surface area contributed by atoms with Crippen LogP contribution in [-0.2, 0) is 78.3 Å². The van der Waals surface area contributed by atoms with Gasteiger partial charge in [0.05, 0.1) is 6.04 Å². The van der Waals surface area contributed by atoms with Crippen molar-refractivity contribution in [3.8, 4) is 0 Å². The minimum atomic E-state index is -1.87. The normalized spacial score (nSPS) is 25.4. The van der Waals surface area contributed by atoms with Gasteiger partial charge in [0.25, 0.3) is 0 Å². The molecule has 15 amide bonds. The summed E-state index contributed by atoms with van der Waals surface area (Å²) in [7, 11) is 0. The summed E-state index contributed by atoms with van der Waals surface area (Å²) >= 11 is 0. The smallest absolute Gasteiger partial charge is 0.246 e. The molecule has 4 rings (SSSR count). The molecule has 38 heteroatoms. The molecule has 0 aliphatic carbocycles. The van der Waals surface area contributed by atoms with Crippen molar-refractivity contribution in [2.24, 2.45) is 45.9 Å². The van der Waals surface area contributed by atoms with E-state index in [2.05, 4.69) is 79.4 Å². The van der Waals surface area contributed by atoms with Crippen molar-refractivity contribution in [2.75, 3.05) is 39.3 Å². The molecule has 2 aliphatic rings. The van der Waals surface area contributed by atoms with Crippen molar-refractivity contribution in [3.05, 3.63) is 60.3 Å². The molecule has 31 N–H and O–H groups in total. The van der Waals surface area contributed by atoms with E-state index < -0.39 is 177 Å². The van der Waals surface area contributed by atoms with Gasteiger partial charge in [-0.2, -0.15) is 0 Å². The Morgan fingerprint density at radius 3 is 1.30 bits per heavy atom. The fourth-order valence-corrected chi connectivity index (χ4v) is 14.7. The van der Waals surface area contributed by atoms with Gasteiger partial charge in [-0.25, -0.2) is 0 Å². The first-order valence-corrected chi connectivity index (χ1v) is 44.8. The number of H-pyrrole nitrogens is 1. The number of primary amides is 1. The lowest BCUT2D eigenvalue weighted by atomic mass is 9.91. The lowest BCUT2D eigenvalue weighted by Gasteiger charge is -2.34. The maximum Gasteiger partial charge on any atom is 0.246 e. The number of carbonyl (C=O) groups is 15. The van der Waals surface area contributed by atoms with Crippen LogP contribution in [0.3, 0.4) is 0 Å². The van der Waals surface area contributed by atoms with E-state index >= 15 is 24.0 Å². The highest BCUT2D eigenvalue weighted by molar-refractivity contribution is 6.02. The summed E-state index contributed by atoms with van der Waals surface area (Å²) < 4.78 is 0. The maximum absolute atomic E-state index is 15.6. The number of amides is 15. The van der Waals surface area contributed by atoms with E-state index in [9.17, 15) is 47.9 Å². The van der Waals surface area contributed by atoms with Crippen molar-refractivity contribution in [1.82, 2.24) is 79.4 Å². The van der Waals surface area contributed by atoms with Crippen LogP contribution in [0.15, 0.2) is 54.8 Å². The Hall–Kier alpha value is -9.99. The van der Waals surface area contributed by atoms with E-state index in [1.807, 2.05) is 48.6 Å². The summed E-state index contributed by atoms with van der Waals surface area (Å²) in [6.07, 6.45) is 17.4. The average molecular weight is 1760 g/mol. The number of unbranched alkanes of at least 4 members (excludes halogenated alkanes) is 6. The zero-order chi connectivity index (χ0) is 92.9. The summed E-state index contributed by atoms with van der Waals surface area (Å²) in [5, 5.41) is 39.7. The Labute approximate surface area is 736 Å². The van der Waals surface area contributed by atoms with E-state index in [-0.39, 0.29) is 116 Å². The van der Waals surface area contributed by atoms with Crippen molar-refractivity contribution in [2.45, 2.75) is 343 Å². The monoisotopic (exact) mass is 1760 g/mol. The third-order valence-corrected chi connectivity index (χ3v) is 23.1. The van der Waals surface area contributed by atoms with Crippen LogP contribution < -0.4 is 120 Å². The van der Waals surface area contributed by atoms with Crippen LogP contribution in [0, 0.1) is 0 Å². The molecule has 1 aromatic heterocycles. The molecule has 0 bridgehead atoms. The summed E-state index contributed by atoms with van der Waals surface area (Å²) in [6.45, 7) is 13.3. The fraction of sp³-hybridized carbons (Fsp3) is 0.690. The minimum Gasteiger partial charge on any atom is -0.368 e. The average Bonchev–Trinajstić information content (AvgIpc) is 1.54. The van der Waals surface area contributed by atoms with Crippen LogP contribution in [0.4, 0.5) is 0 Å². The fourth-order valence-electron chi connectivity index (χ4n) is 14.7. The molecule has 0 saturated heterocycles. The first-order valence-electron chi connectivity index (χ1n) is 44.8. The Bertz CT molecular complexity index is 3920. The number of aromatic amines is 1. The predicted octanol–water partition coefficient (Wildman–Crippen LogP) is -0.455. The van der Waals surface area contributed by atoms with Gasteiger partial charge in [-0.05, 0) is 292 Å². The molecule has 125 heavy (non-hydrogen) atoms. The van der Waals surface area contributed by atoms with Crippen molar-refractivity contribution >= 4 is 99.5 Å². The zero-order valence-electron chi connectivity index (χ0n) is 75.0. The van der Waals surface area contributed by atoms with Crippen molar-refractivity contribution in [3.63, 3.8) is 0 Å². The highest BCUT2D eigenvalue weighted by Crippen LogP contribution is 2.25. The second-order valence-electron chi connectivity index (χ2n) is 34.2. The SMILES string of the molecule is C[C@@H]1NC(=O)[C@H](CCCCN)NC(=O)[C@H](C)NC(=O)[C@](C)(NC(=O)[C@H](CCCCN)NC(=O)[C@H](CCCCN)NC(=O)[C@@]2(C)CCC/C=C\CCC[C@@](C)(NC(=O)[C@@H](N)CCCCN)C(=O)N[C@@H](C)C(=O)N[C@@H](CCCCN)C(=O)N[C@@H](Cc3c[nH]c4ccccc34)C(=O)N2)CCC/C=C\CCC[C@](C)(C(=O)N[C@@H](C)C(=O)N[C@@H](CCCCN)C(N)=O)NC1=O. The number of nitrogens with one attached hydrogen (secondary N) is 15. The third-order valence-electron chi connectivity index (χ3n) is 23.1. The van der Waals surface area contributed by atoms with Gasteiger partial charge in [0.15, 0.2) is 0 Å². The second kappa shape index (κ2) is 55.5. The molecule has 0 unspecified atom stereocenters. The molecular weight excluding hydrogens is 1610 g/mol. The van der Waals surface area contributed by atoms with Crippen LogP contribution in [-0.4, -0.2) is 221 Å². The molecular formula is C87H149N23O15. The van der Waals surface area contributed by atoms with E-state index in [4.69, 9.17) is 45.9 Å². The second-order valence-corrected chi connectivity index (χ2v) is 34.2. The standard InChI is InChI=1S/C87H149N23O15/c1-55(70(112)101-63(69(95)111)38-20-30-48-89)98-80(122)84(5)43-25-13-9-11-15-27-45-86(7,82(124)100-56(2)71(113)102-64(39-21-31-49-90)75(117)97-58(4)73(115)107-84)109-78(120)67(42-24-34-52-93)104-77(119)66(41-23-33-51-92)106-83(125)87(8)46-28-16-12-10-14-26-44-85(6,108-74(116)61(94)36-19-29-47-88)81(123)99-57(3)72(114)103-65(40-22-32-50-91)76(118)105-68(79(121)110-87)53-59-54-96-62-37-18-17-35-60(59)62/h9-12,17-18,35,37,54-58,61,63-68,96H,13-16,19-34,36,38-53,88-94H2,1-8H3,(H2,95,111)(H,97,117)(H,98,122)(H,99,123)(H,100,124)(H,101,112)(H,102,113)(H,103,114)(H,104,119)(H,105,118)(H,106,125)(H,107,115)(H,108,116)(H,109,120)(H,110,121)/b11-9-,12-10-/t55-,56-,57-,58-,61-,63-,64-,65-,66-,67-,68-,84+,85+,86+,87+/m0/s1. The van der Waals surface area contributed by atoms with Gasteiger partial charge >= 0.3 is 0 Å². The van der Waals surface area contributed by atoms with E-state index in [0.717, 1.165) is 10.9 Å². The number of nitrogens with two attached hydrogens (primary N) is 8. The van der Waals surface area contributed by atoms with E-state index in [1.165, 1.54) is 48.5 Å². The van der Waals surface area contributed by atoms with Gasteiger partial charge in [0.1, 0.15) is 82.6 Å². The largest absolute Gasteiger partial charge is 0.368 e. The molecule has 15 atom stereocenters. The third kappa shape index (κ3) is 36.5. The van der Waals surface area contributed by atoms with E-state index in [0.29, 0.717) is 128 Å². The Kier molecular flexibility index (Phi) is 47.6. The molecule has 1 aromatic carbocycles. The Morgan fingerprint density at radius 2 is 0.816 bits per heavy atom. The number of carbonyl (C=O) groups excluding carboxylic acids is 15. The first kappa shape index (κ1) is 107. The van der Waals surface area contributed by atoms with Crippen LogP contribution in [0.2, 0.25) is 0 Å². The predicted molar refractivity (Wildman–Crippen MR) is 478 cm³/mol. The highest BCUT2D eigenvalue weighted by Gasteiger charge is 2.45. The lowest BCUT2D eigenvalue weighted by molar-refractivity contribution is -0.139. The van der Waals surface area contributed by atoms with Crippen LogP contribution in [0.1, 0.15) is 254 Å². The summed E-state index contributed by atoms with van der Waals surface area (Å²) in [4.78, 5) is 220. The molecule has 3 heterocycles. The van der Waals surface area contributed by atoms with Crippen LogP contribution in [0.5, 0.6) is 0 Å². The molecule has 0 radical (unpaired) electrons. The molecule has 0 spiro atoms. The Morgan fingerprint density at radius 1 is 0.424 bits per heavy atom. The van der Waals surface area contributed by atoms with Gasteiger partial charge in [-0.1, -0.05) is 48.9 Å². The molecule has 2 aliphatic heterocycles. The minimum absolute atomic E-state index is 0.0111. The van der Waals surface area contributed by atoms with Gasteiger partial charge in [0.2, 0.25) is 88.6 Å². The number of hydrogen-bond donors (Lipinski definition) is 23. The summed E-state index contributed by atoms with van der Waals surface area (Å²) in [6, 6.07) is -6.68. The Balaban J connectivity index is 1.78. The lowest BCUT2D eigenvalue weighted by Crippen LogP contribution is -2.65. The molecule has 702 valence electrons. The number of hydrogen-bond acceptors (Lipinski definition) is 22. The van der Waals surface area contributed by atoms with Gasteiger partial charge in [-0.15, -0.1) is 0 Å². The zero-order valence-corrected chi connectivity index (χ0v) is 75.0. The topological polar surface area (TPSA) is 648 Å². The van der Waals surface area contributed by atoms with E-state index in [1.54, 1.807) is 13.1 Å². The summed E-state index contributed by atoms with van der Waals surface area (Å²) in [5.74, 6) is -11.5. The van der Waals surface area contributed by atoms with Gasteiger partial charge in [-0.3, -0.25) is 71.9 Å². The van der Waals surface area contributed by atoms with Gasteiger partial charge in [0, 0.05) is 23.5 Å². The quantitative estimate of drug-likeness (QED) is 0.0298. The van der Waals surface area contributed by atoms with Gasteiger partial charge < -0.3 is 125 Å². The number of benzene rings is 1. The molecule has 38 nitrogen and oxygen atoms in total. The summed E-state index contributed by atoms with van der Waals surface area (Å²) in [5.41, 5.74) is 41.4. The number of rotatable bonds is 39. The number of para-hydroxylation sites is 1. The molecule has 2 aromatic rings. The maximum atomic E-state index is 15.6. The molecule has 0 saturated carbocycles.